The van der Waals surface area contributed by atoms with Gasteiger partial charge in [0.05, 0.1) is 11.4 Å². The maximum absolute atomic E-state index is 12.7. The third-order valence-electron chi connectivity index (χ3n) is 4.22. The lowest BCUT2D eigenvalue weighted by molar-refractivity contribution is -0.122. The van der Waals surface area contributed by atoms with Crippen LogP contribution in [0.1, 0.15) is 18.9 Å². The van der Waals surface area contributed by atoms with Gasteiger partial charge in [0.25, 0.3) is 0 Å². The molecule has 1 atom stereocenters. The Bertz CT molecular complexity index is 773. The molecular weight excluding hydrogens is 302 g/mol. The fourth-order valence-corrected chi connectivity index (χ4v) is 2.87. The Labute approximate surface area is 141 Å². The Morgan fingerprint density at radius 3 is 2.62 bits per heavy atom. The summed E-state index contributed by atoms with van der Waals surface area (Å²) in [5.41, 5.74) is 3.38. The molecule has 0 saturated heterocycles. The highest BCUT2D eigenvalue weighted by molar-refractivity contribution is 6.09. The minimum Gasteiger partial charge on any atom is -0.372 e. The molecular formula is C19H21N3O2. The van der Waals surface area contributed by atoms with Crippen molar-refractivity contribution in [1.82, 2.24) is 0 Å². The molecule has 5 nitrogen and oxygen atoms in total. The lowest BCUT2D eigenvalue weighted by Crippen LogP contribution is -2.49. The van der Waals surface area contributed by atoms with Crippen molar-refractivity contribution in [2.45, 2.75) is 26.3 Å². The number of hydrogen-bond donors (Lipinski definition) is 2. The lowest BCUT2D eigenvalue weighted by atomic mass is 10.1. The zero-order chi connectivity index (χ0) is 17.1. The van der Waals surface area contributed by atoms with E-state index in [1.165, 1.54) is 0 Å². The van der Waals surface area contributed by atoms with E-state index in [0.29, 0.717) is 6.42 Å². The van der Waals surface area contributed by atoms with Crippen LogP contribution >= 0.6 is 0 Å². The predicted octanol–water partition coefficient (Wildman–Crippen LogP) is 3.17. The van der Waals surface area contributed by atoms with Crippen molar-refractivity contribution in [1.29, 1.82) is 0 Å². The van der Waals surface area contributed by atoms with Gasteiger partial charge in [-0.3, -0.25) is 14.5 Å². The standard InChI is InChI=1S/C19H21N3O2/c1-3-14-19(24)22(17-11-7-6-10-16(17)20-14)12-18(23)21-15-9-5-4-8-13(15)2/h4-11,14,20H,3,12H2,1-2H3,(H,21,23). The van der Waals surface area contributed by atoms with Crippen LogP contribution in [0.4, 0.5) is 17.1 Å². The van der Waals surface area contributed by atoms with Crippen molar-refractivity contribution in [2.24, 2.45) is 0 Å². The Morgan fingerprint density at radius 1 is 1.17 bits per heavy atom. The fraction of sp³-hybridized carbons (Fsp3) is 0.263. The molecule has 0 spiro atoms. The number of carbonyl (C=O) groups excluding carboxylic acids is 2. The molecule has 2 aromatic rings. The Balaban J connectivity index is 1.81. The molecule has 0 fully saturated rings. The first kappa shape index (κ1) is 16.1. The minimum absolute atomic E-state index is 0.00234. The molecule has 0 radical (unpaired) electrons. The average molecular weight is 323 g/mol. The van der Waals surface area contributed by atoms with Crippen LogP contribution in [0.25, 0.3) is 0 Å². The molecule has 3 rings (SSSR count). The second-order valence-electron chi connectivity index (χ2n) is 5.91. The molecule has 24 heavy (non-hydrogen) atoms. The van der Waals surface area contributed by atoms with Gasteiger partial charge >= 0.3 is 0 Å². The van der Waals surface area contributed by atoms with E-state index in [1.807, 2.05) is 62.4 Å². The molecule has 2 aromatic carbocycles. The van der Waals surface area contributed by atoms with Gasteiger partial charge in [0.1, 0.15) is 12.6 Å². The van der Waals surface area contributed by atoms with E-state index in [4.69, 9.17) is 0 Å². The molecule has 1 unspecified atom stereocenters. The van der Waals surface area contributed by atoms with Crippen molar-refractivity contribution in [3.63, 3.8) is 0 Å². The van der Waals surface area contributed by atoms with Crippen molar-refractivity contribution in [2.75, 3.05) is 22.1 Å². The number of hydrogen-bond acceptors (Lipinski definition) is 3. The summed E-state index contributed by atoms with van der Waals surface area (Å²) in [6.07, 6.45) is 0.670. The van der Waals surface area contributed by atoms with Gasteiger partial charge in [-0.15, -0.1) is 0 Å². The van der Waals surface area contributed by atoms with Crippen LogP contribution < -0.4 is 15.5 Å². The van der Waals surface area contributed by atoms with Gasteiger partial charge < -0.3 is 10.6 Å². The number of para-hydroxylation sites is 3. The molecule has 0 saturated carbocycles. The van der Waals surface area contributed by atoms with Crippen molar-refractivity contribution >= 4 is 28.9 Å². The predicted molar refractivity (Wildman–Crippen MR) is 96.3 cm³/mol. The summed E-state index contributed by atoms with van der Waals surface area (Å²) in [7, 11) is 0. The van der Waals surface area contributed by atoms with Crippen LogP contribution in [-0.2, 0) is 9.59 Å². The van der Waals surface area contributed by atoms with Gasteiger partial charge in [-0.05, 0) is 37.1 Å². The van der Waals surface area contributed by atoms with Crippen LogP contribution in [0.2, 0.25) is 0 Å². The molecule has 2 N–H and O–H groups in total. The molecule has 1 aliphatic heterocycles. The number of benzene rings is 2. The summed E-state index contributed by atoms with van der Waals surface area (Å²) in [5, 5.41) is 6.12. The molecule has 1 heterocycles. The third kappa shape index (κ3) is 3.11. The molecule has 0 bridgehead atoms. The zero-order valence-corrected chi connectivity index (χ0v) is 13.9. The monoisotopic (exact) mass is 323 g/mol. The molecule has 5 heteroatoms. The van der Waals surface area contributed by atoms with Crippen molar-refractivity contribution < 1.29 is 9.59 Å². The number of rotatable bonds is 4. The second-order valence-corrected chi connectivity index (χ2v) is 5.91. The van der Waals surface area contributed by atoms with Crippen molar-refractivity contribution in [3.05, 3.63) is 54.1 Å². The van der Waals surface area contributed by atoms with Crippen LogP contribution in [0, 0.1) is 6.92 Å². The number of amides is 2. The normalized spacial score (nSPS) is 16.3. The number of nitrogens with one attached hydrogen (secondary N) is 2. The quantitative estimate of drug-likeness (QED) is 0.908. The molecule has 0 aliphatic carbocycles. The second kappa shape index (κ2) is 6.74. The number of fused-ring (bicyclic) bond motifs is 1. The number of carbonyl (C=O) groups is 2. The molecule has 1 aliphatic rings. The summed E-state index contributed by atoms with van der Waals surface area (Å²) in [4.78, 5) is 26.7. The van der Waals surface area contributed by atoms with Crippen molar-refractivity contribution in [3.8, 4) is 0 Å². The van der Waals surface area contributed by atoms with E-state index in [9.17, 15) is 9.59 Å². The highest BCUT2D eigenvalue weighted by Gasteiger charge is 2.32. The first-order valence-corrected chi connectivity index (χ1v) is 8.12. The number of anilines is 3. The highest BCUT2D eigenvalue weighted by atomic mass is 16.2. The summed E-state index contributed by atoms with van der Waals surface area (Å²) in [6, 6.07) is 14.9. The van der Waals surface area contributed by atoms with Crippen LogP contribution in [0.3, 0.4) is 0 Å². The molecule has 2 amide bonds. The fourth-order valence-electron chi connectivity index (χ4n) is 2.87. The largest absolute Gasteiger partial charge is 0.372 e. The topological polar surface area (TPSA) is 61.4 Å². The van der Waals surface area contributed by atoms with Gasteiger partial charge in [-0.25, -0.2) is 0 Å². The molecule has 0 aromatic heterocycles. The van der Waals surface area contributed by atoms with Crippen LogP contribution in [0.15, 0.2) is 48.5 Å². The van der Waals surface area contributed by atoms with Crippen LogP contribution in [-0.4, -0.2) is 24.4 Å². The number of nitrogens with zero attached hydrogens (tertiary/aromatic N) is 1. The van der Waals surface area contributed by atoms with Crippen LogP contribution in [0.5, 0.6) is 0 Å². The Kier molecular flexibility index (Phi) is 4.51. The van der Waals surface area contributed by atoms with Gasteiger partial charge in [0.15, 0.2) is 0 Å². The lowest BCUT2D eigenvalue weighted by Gasteiger charge is -2.34. The minimum atomic E-state index is -0.300. The third-order valence-corrected chi connectivity index (χ3v) is 4.22. The summed E-state index contributed by atoms with van der Waals surface area (Å²) < 4.78 is 0. The van der Waals surface area contributed by atoms with E-state index in [1.54, 1.807) is 4.90 Å². The van der Waals surface area contributed by atoms with E-state index >= 15 is 0 Å². The van der Waals surface area contributed by atoms with E-state index in [2.05, 4.69) is 10.6 Å². The number of aryl methyl sites for hydroxylation is 1. The Hall–Kier alpha value is -2.82. The zero-order valence-electron chi connectivity index (χ0n) is 13.9. The van der Waals surface area contributed by atoms with Gasteiger partial charge in [0, 0.05) is 5.69 Å². The van der Waals surface area contributed by atoms with E-state index in [-0.39, 0.29) is 24.4 Å². The summed E-state index contributed by atoms with van der Waals surface area (Å²) in [6.45, 7) is 3.89. The highest BCUT2D eigenvalue weighted by Crippen LogP contribution is 2.31. The van der Waals surface area contributed by atoms with E-state index in [0.717, 1.165) is 22.6 Å². The SMILES string of the molecule is CCC1Nc2ccccc2N(CC(=O)Nc2ccccc2C)C1=O. The van der Waals surface area contributed by atoms with E-state index < -0.39 is 0 Å². The van der Waals surface area contributed by atoms with Gasteiger partial charge in [-0.1, -0.05) is 37.3 Å². The maximum atomic E-state index is 12.7. The first-order chi connectivity index (χ1) is 11.6. The summed E-state index contributed by atoms with van der Waals surface area (Å²) >= 11 is 0. The van der Waals surface area contributed by atoms with Gasteiger partial charge in [-0.2, -0.15) is 0 Å². The van der Waals surface area contributed by atoms with Gasteiger partial charge in [0.2, 0.25) is 11.8 Å². The maximum Gasteiger partial charge on any atom is 0.250 e. The smallest absolute Gasteiger partial charge is 0.250 e. The molecule has 124 valence electrons. The average Bonchev–Trinajstić information content (AvgIpc) is 2.59. The summed E-state index contributed by atoms with van der Waals surface area (Å²) in [5.74, 6) is -0.277. The Morgan fingerprint density at radius 2 is 1.88 bits per heavy atom. The first-order valence-electron chi connectivity index (χ1n) is 8.12.